The van der Waals surface area contributed by atoms with Crippen molar-refractivity contribution >= 4 is 6.29 Å². The van der Waals surface area contributed by atoms with Crippen LogP contribution in [0.4, 0.5) is 13.2 Å². The van der Waals surface area contributed by atoms with Crippen molar-refractivity contribution in [3.8, 4) is 28.6 Å². The number of carbonyl (C=O) groups excluding carboxylic acids is 1. The van der Waals surface area contributed by atoms with E-state index >= 15 is 0 Å². The number of benzene rings is 2. The Bertz CT molecular complexity index is 948. The summed E-state index contributed by atoms with van der Waals surface area (Å²) >= 11 is 0. The van der Waals surface area contributed by atoms with Gasteiger partial charge < -0.3 is 9.26 Å². The number of carbonyl (C=O) groups is 1. The van der Waals surface area contributed by atoms with Crippen LogP contribution in [0.25, 0.3) is 22.8 Å². The molecule has 27 heavy (non-hydrogen) atoms. The molecule has 0 saturated heterocycles. The number of ether oxygens (including phenoxy) is 1. The van der Waals surface area contributed by atoms with E-state index in [1.54, 1.807) is 38.1 Å². The maximum Gasteiger partial charge on any atom is 0.419 e. The van der Waals surface area contributed by atoms with Gasteiger partial charge in [0.05, 0.1) is 11.7 Å². The highest BCUT2D eigenvalue weighted by atomic mass is 19.4. The minimum atomic E-state index is -4.59. The van der Waals surface area contributed by atoms with E-state index < -0.39 is 17.8 Å². The molecule has 8 heteroatoms. The zero-order valence-corrected chi connectivity index (χ0v) is 14.4. The first-order chi connectivity index (χ1) is 12.8. The lowest BCUT2D eigenvalue weighted by atomic mass is 10.1. The molecule has 0 spiro atoms. The molecule has 0 N–H and O–H groups in total. The van der Waals surface area contributed by atoms with Crippen LogP contribution in [0.5, 0.6) is 5.75 Å². The van der Waals surface area contributed by atoms with E-state index in [1.165, 1.54) is 12.1 Å². The van der Waals surface area contributed by atoms with E-state index in [4.69, 9.17) is 9.26 Å². The largest absolute Gasteiger partial charge is 0.490 e. The monoisotopic (exact) mass is 376 g/mol. The van der Waals surface area contributed by atoms with Gasteiger partial charge in [0.25, 0.3) is 5.89 Å². The van der Waals surface area contributed by atoms with Crippen LogP contribution in [0.15, 0.2) is 47.0 Å². The molecule has 0 aliphatic carbocycles. The first-order valence-electron chi connectivity index (χ1n) is 8.05. The summed E-state index contributed by atoms with van der Waals surface area (Å²) in [5, 5.41) is 3.79. The van der Waals surface area contributed by atoms with Crippen LogP contribution < -0.4 is 4.74 Å². The lowest BCUT2D eigenvalue weighted by molar-refractivity contribution is -0.139. The quantitative estimate of drug-likeness (QED) is 0.585. The van der Waals surface area contributed by atoms with E-state index in [9.17, 15) is 18.0 Å². The van der Waals surface area contributed by atoms with E-state index in [1.807, 2.05) is 0 Å². The molecule has 2 aromatic carbocycles. The fourth-order valence-corrected chi connectivity index (χ4v) is 2.41. The summed E-state index contributed by atoms with van der Waals surface area (Å²) in [6.45, 7) is 3.29. The third kappa shape index (κ3) is 4.16. The topological polar surface area (TPSA) is 65.2 Å². The van der Waals surface area contributed by atoms with Crippen molar-refractivity contribution in [1.29, 1.82) is 0 Å². The van der Waals surface area contributed by atoms with Crippen LogP contribution >= 0.6 is 0 Å². The number of hydrogen-bond acceptors (Lipinski definition) is 5. The molecule has 3 rings (SSSR count). The summed E-state index contributed by atoms with van der Waals surface area (Å²) in [6.07, 6.45) is -4.29. The standard InChI is InChI=1S/C19H15F3N2O3/c1-11(2)26-16-8-7-14(9-15(16)19(20,21)22)18-23-17(24-27-18)13-5-3-12(10-25)4-6-13/h3-11H,1-2H3. The molecule has 1 aromatic heterocycles. The SMILES string of the molecule is CC(C)Oc1ccc(-c2nc(-c3ccc(C=O)cc3)no2)cc1C(F)(F)F. The zero-order valence-electron chi connectivity index (χ0n) is 14.4. The molecular weight excluding hydrogens is 361 g/mol. The smallest absolute Gasteiger partial charge is 0.419 e. The molecule has 0 fully saturated rings. The Balaban J connectivity index is 1.96. The highest BCUT2D eigenvalue weighted by Gasteiger charge is 2.35. The highest BCUT2D eigenvalue weighted by Crippen LogP contribution is 2.39. The summed E-state index contributed by atoms with van der Waals surface area (Å²) in [5.41, 5.74) is 0.273. The van der Waals surface area contributed by atoms with Crippen molar-refractivity contribution in [3.05, 3.63) is 53.6 Å². The predicted octanol–water partition coefficient (Wildman–Crippen LogP) is 5.02. The molecule has 0 aliphatic heterocycles. The molecular formula is C19H15F3N2O3. The fourth-order valence-electron chi connectivity index (χ4n) is 2.41. The second-order valence-electron chi connectivity index (χ2n) is 6.04. The van der Waals surface area contributed by atoms with Gasteiger partial charge in [-0.15, -0.1) is 0 Å². The average Bonchev–Trinajstić information content (AvgIpc) is 3.11. The molecule has 0 bridgehead atoms. The van der Waals surface area contributed by atoms with Gasteiger partial charge in [0.2, 0.25) is 5.82 Å². The Morgan fingerprint density at radius 3 is 2.33 bits per heavy atom. The number of aldehydes is 1. The number of nitrogens with zero attached hydrogens (tertiary/aromatic N) is 2. The maximum absolute atomic E-state index is 13.4. The van der Waals surface area contributed by atoms with Gasteiger partial charge in [0.15, 0.2) is 0 Å². The number of hydrogen-bond donors (Lipinski definition) is 0. The van der Waals surface area contributed by atoms with Crippen molar-refractivity contribution in [3.63, 3.8) is 0 Å². The van der Waals surface area contributed by atoms with Crippen LogP contribution in [-0.4, -0.2) is 22.5 Å². The summed E-state index contributed by atoms with van der Waals surface area (Å²) in [5.74, 6) is -0.102. The van der Waals surface area contributed by atoms with Crippen molar-refractivity contribution in [2.75, 3.05) is 0 Å². The Labute approximate surface area is 152 Å². The molecule has 0 atom stereocenters. The van der Waals surface area contributed by atoms with Crippen LogP contribution in [0.2, 0.25) is 0 Å². The number of aromatic nitrogens is 2. The normalized spacial score (nSPS) is 11.6. The number of rotatable bonds is 5. The minimum absolute atomic E-state index is 0.0499. The van der Waals surface area contributed by atoms with Gasteiger partial charge in [-0.25, -0.2) is 0 Å². The molecule has 3 aromatic rings. The Hall–Kier alpha value is -3.16. The van der Waals surface area contributed by atoms with Gasteiger partial charge in [-0.1, -0.05) is 29.4 Å². The fraction of sp³-hybridized carbons (Fsp3) is 0.211. The summed E-state index contributed by atoms with van der Waals surface area (Å²) in [7, 11) is 0. The summed E-state index contributed by atoms with van der Waals surface area (Å²) in [4.78, 5) is 14.8. The molecule has 140 valence electrons. The third-order valence-corrected chi connectivity index (χ3v) is 3.63. The van der Waals surface area contributed by atoms with Gasteiger partial charge >= 0.3 is 6.18 Å². The molecule has 5 nitrogen and oxygen atoms in total. The second-order valence-corrected chi connectivity index (χ2v) is 6.04. The van der Waals surface area contributed by atoms with E-state index in [0.717, 1.165) is 6.07 Å². The number of alkyl halides is 3. The van der Waals surface area contributed by atoms with Crippen LogP contribution in [0.1, 0.15) is 29.8 Å². The molecule has 1 heterocycles. The number of halogens is 3. The van der Waals surface area contributed by atoms with E-state index in [-0.39, 0.29) is 23.0 Å². The van der Waals surface area contributed by atoms with Crippen molar-refractivity contribution < 1.29 is 27.2 Å². The molecule has 0 amide bonds. The van der Waals surface area contributed by atoms with Crippen LogP contribution in [0, 0.1) is 0 Å². The molecule has 0 aliphatic rings. The maximum atomic E-state index is 13.4. The van der Waals surface area contributed by atoms with Crippen molar-refractivity contribution in [2.24, 2.45) is 0 Å². The van der Waals surface area contributed by atoms with Gasteiger partial charge in [-0.2, -0.15) is 18.2 Å². The van der Waals surface area contributed by atoms with Crippen LogP contribution in [0.3, 0.4) is 0 Å². The van der Waals surface area contributed by atoms with Gasteiger partial charge in [0, 0.05) is 16.7 Å². The van der Waals surface area contributed by atoms with Crippen LogP contribution in [-0.2, 0) is 6.18 Å². The average molecular weight is 376 g/mol. The zero-order chi connectivity index (χ0) is 19.6. The Morgan fingerprint density at radius 1 is 1.07 bits per heavy atom. The van der Waals surface area contributed by atoms with E-state index in [0.29, 0.717) is 17.4 Å². The first-order valence-corrected chi connectivity index (χ1v) is 8.05. The van der Waals surface area contributed by atoms with E-state index in [2.05, 4.69) is 10.1 Å². The van der Waals surface area contributed by atoms with Gasteiger partial charge in [0.1, 0.15) is 12.0 Å². The highest BCUT2D eigenvalue weighted by molar-refractivity contribution is 5.76. The molecule has 0 radical (unpaired) electrons. The van der Waals surface area contributed by atoms with Crippen molar-refractivity contribution in [1.82, 2.24) is 10.1 Å². The summed E-state index contributed by atoms with van der Waals surface area (Å²) in [6, 6.07) is 10.00. The third-order valence-electron chi connectivity index (χ3n) is 3.63. The molecule has 0 saturated carbocycles. The minimum Gasteiger partial charge on any atom is -0.490 e. The first kappa shape index (κ1) is 18.6. The van der Waals surface area contributed by atoms with Crippen molar-refractivity contribution in [2.45, 2.75) is 26.1 Å². The predicted molar refractivity (Wildman–Crippen MR) is 91.3 cm³/mol. The second kappa shape index (κ2) is 7.22. The van der Waals surface area contributed by atoms with Gasteiger partial charge in [-0.3, -0.25) is 4.79 Å². The lowest BCUT2D eigenvalue weighted by Gasteiger charge is -2.16. The van der Waals surface area contributed by atoms with Gasteiger partial charge in [-0.05, 0) is 32.0 Å². The Kier molecular flexibility index (Phi) is 4.98. The Morgan fingerprint density at radius 2 is 1.74 bits per heavy atom. The summed E-state index contributed by atoms with van der Waals surface area (Å²) < 4.78 is 50.4. The lowest BCUT2D eigenvalue weighted by Crippen LogP contribution is -2.13. The molecule has 0 unspecified atom stereocenters.